The van der Waals surface area contributed by atoms with Crippen molar-refractivity contribution in [3.05, 3.63) is 312 Å². The topological polar surface area (TPSA) is 77.3 Å². The van der Waals surface area contributed by atoms with Crippen LogP contribution in [0, 0.1) is 0 Å². The minimum Gasteiger partial charge on any atom is -0.208 e. The Balaban J connectivity index is 0.822. The van der Waals surface area contributed by atoms with Gasteiger partial charge in [0.2, 0.25) is 0 Å². The van der Waals surface area contributed by atoms with Gasteiger partial charge in [-0.15, -0.1) is 0 Å². The smallest absolute Gasteiger partial charge is 0.164 e. The van der Waals surface area contributed by atoms with Gasteiger partial charge in [-0.2, -0.15) is 0 Å². The van der Waals surface area contributed by atoms with E-state index < -0.39 is 0 Å². The van der Waals surface area contributed by atoms with Crippen LogP contribution in [0.1, 0.15) is 45.2 Å². The first-order valence-electron chi connectivity index (χ1n) is 27.2. The molecule has 16 rings (SSSR count). The fourth-order valence-corrected chi connectivity index (χ4v) is 12.0. The summed E-state index contributed by atoms with van der Waals surface area (Å²) >= 11 is 0. The molecule has 0 amide bonds. The summed E-state index contributed by atoms with van der Waals surface area (Å²) in [6, 6.07) is 98.5. The van der Waals surface area contributed by atoms with Crippen LogP contribution in [0.4, 0.5) is 0 Å². The SMILES string of the molecule is c1ccc(-c2cccc(-c3nc(-c4ccccc4)nc(-c4ccccc4-c4ccc5c(c4)C4c6ccccc6C5c5cc(-c6ccccc6-c6nc(-c7ccccc7)nc(-c7cccc(-c8ccccc8)c7)n6)ccc54)n3)c2)cc1. The van der Waals surface area contributed by atoms with Crippen LogP contribution in [0.25, 0.3) is 113 Å². The number of aromatic nitrogens is 6. The van der Waals surface area contributed by atoms with E-state index in [0.717, 1.165) is 77.9 Å². The Morgan fingerprint density at radius 3 is 0.850 bits per heavy atom. The van der Waals surface area contributed by atoms with Gasteiger partial charge in [0, 0.05) is 45.2 Å². The summed E-state index contributed by atoms with van der Waals surface area (Å²) < 4.78 is 0. The first kappa shape index (κ1) is 46.7. The molecule has 0 spiro atoms. The molecule has 2 heterocycles. The molecule has 2 bridgehead atoms. The second-order valence-corrected chi connectivity index (χ2v) is 20.5. The third-order valence-electron chi connectivity index (χ3n) is 15.8. The first-order valence-corrected chi connectivity index (χ1v) is 27.2. The zero-order valence-electron chi connectivity index (χ0n) is 43.4. The number of hydrogen-bond donors (Lipinski definition) is 0. The largest absolute Gasteiger partial charge is 0.208 e. The van der Waals surface area contributed by atoms with Crippen molar-refractivity contribution in [2.75, 3.05) is 0 Å². The summed E-state index contributed by atoms with van der Waals surface area (Å²) in [5.41, 5.74) is 22.4. The van der Waals surface area contributed by atoms with Gasteiger partial charge in [-0.05, 0) is 102 Å². The third kappa shape index (κ3) is 8.38. The van der Waals surface area contributed by atoms with Gasteiger partial charge in [-0.25, -0.2) is 29.9 Å². The summed E-state index contributed by atoms with van der Waals surface area (Å²) in [5.74, 6) is 3.83. The van der Waals surface area contributed by atoms with Gasteiger partial charge in [0.25, 0.3) is 0 Å². The van der Waals surface area contributed by atoms with Gasteiger partial charge in [0.1, 0.15) is 0 Å². The van der Waals surface area contributed by atoms with E-state index in [1.807, 2.05) is 48.5 Å². The highest BCUT2D eigenvalue weighted by Crippen LogP contribution is 2.57. The van der Waals surface area contributed by atoms with E-state index in [-0.39, 0.29) is 11.8 Å². The van der Waals surface area contributed by atoms with Gasteiger partial charge in [0.05, 0.1) is 0 Å². The molecule has 0 saturated carbocycles. The molecule has 3 aliphatic carbocycles. The van der Waals surface area contributed by atoms with Crippen LogP contribution in [0.2, 0.25) is 0 Å². The molecule has 6 heteroatoms. The van der Waals surface area contributed by atoms with Crippen molar-refractivity contribution in [3.8, 4) is 113 Å². The van der Waals surface area contributed by atoms with Crippen molar-refractivity contribution in [1.82, 2.24) is 29.9 Å². The van der Waals surface area contributed by atoms with Gasteiger partial charge in [-0.3, -0.25) is 0 Å². The van der Waals surface area contributed by atoms with Crippen molar-refractivity contribution in [2.45, 2.75) is 11.8 Å². The number of hydrogen-bond acceptors (Lipinski definition) is 6. The standard InChI is InChI=1S/C74H48N6/c1-5-21-47(22-6-1)51-29-19-31-55(43-51)71-75-69(49-25-9-3-10-26-49)77-73(79-71)63-37-17-13-33-57(63)53-39-41-61-65(45-53)67-59-35-15-16-36-60(59)68(61)66-46-54(40-42-62(66)67)58-34-14-18-38-64(58)74-78-70(50-27-11-4-12-28-50)76-72(80-74)56-32-20-30-52(44-56)48-23-7-2-8-24-48/h1-46,67-68H. The van der Waals surface area contributed by atoms with Crippen molar-refractivity contribution < 1.29 is 0 Å². The molecule has 0 radical (unpaired) electrons. The van der Waals surface area contributed by atoms with E-state index in [0.29, 0.717) is 34.9 Å². The molecule has 6 nitrogen and oxygen atoms in total. The maximum Gasteiger partial charge on any atom is 0.164 e. The molecule has 3 aliphatic rings. The van der Waals surface area contributed by atoms with Crippen LogP contribution < -0.4 is 0 Å². The van der Waals surface area contributed by atoms with Gasteiger partial charge in [0.15, 0.2) is 34.9 Å². The average molecular weight is 1020 g/mol. The summed E-state index contributed by atoms with van der Waals surface area (Å²) in [5, 5.41) is 0. The molecule has 374 valence electrons. The molecule has 0 saturated heterocycles. The maximum atomic E-state index is 5.28. The molecule has 13 aromatic rings. The van der Waals surface area contributed by atoms with Gasteiger partial charge < -0.3 is 0 Å². The zero-order valence-corrected chi connectivity index (χ0v) is 43.4. The lowest BCUT2D eigenvalue weighted by molar-refractivity contribution is 0.755. The molecular weight excluding hydrogens is 973 g/mol. The third-order valence-corrected chi connectivity index (χ3v) is 15.8. The van der Waals surface area contributed by atoms with E-state index in [1.54, 1.807) is 0 Å². The van der Waals surface area contributed by atoms with E-state index in [9.17, 15) is 0 Å². The molecule has 80 heavy (non-hydrogen) atoms. The highest BCUT2D eigenvalue weighted by molar-refractivity contribution is 5.86. The van der Waals surface area contributed by atoms with E-state index in [2.05, 4.69) is 231 Å². The average Bonchev–Trinajstić information content (AvgIpc) is 3.69. The van der Waals surface area contributed by atoms with Crippen LogP contribution in [0.5, 0.6) is 0 Å². The number of rotatable bonds is 10. The van der Waals surface area contributed by atoms with Crippen LogP contribution in [0.15, 0.2) is 279 Å². The monoisotopic (exact) mass is 1020 g/mol. The molecule has 0 N–H and O–H groups in total. The number of benzene rings is 11. The fraction of sp³-hybridized carbons (Fsp3) is 0.0270. The van der Waals surface area contributed by atoms with Crippen LogP contribution in [-0.4, -0.2) is 29.9 Å². The number of nitrogens with zero attached hydrogens (tertiary/aromatic N) is 6. The Bertz CT molecular complexity index is 4200. The van der Waals surface area contributed by atoms with Crippen molar-refractivity contribution in [3.63, 3.8) is 0 Å². The Kier molecular flexibility index (Phi) is 11.6. The van der Waals surface area contributed by atoms with Crippen LogP contribution in [0.3, 0.4) is 0 Å². The summed E-state index contributed by atoms with van der Waals surface area (Å²) in [4.78, 5) is 31.3. The lowest BCUT2D eigenvalue weighted by Crippen LogP contribution is -2.27. The van der Waals surface area contributed by atoms with Crippen molar-refractivity contribution in [1.29, 1.82) is 0 Å². The molecule has 0 aliphatic heterocycles. The predicted molar refractivity (Wildman–Crippen MR) is 322 cm³/mol. The molecule has 0 fully saturated rings. The zero-order chi connectivity index (χ0) is 52.9. The van der Waals surface area contributed by atoms with E-state index >= 15 is 0 Å². The van der Waals surface area contributed by atoms with Crippen molar-refractivity contribution in [2.24, 2.45) is 0 Å². The maximum absolute atomic E-state index is 5.28. The van der Waals surface area contributed by atoms with E-state index in [4.69, 9.17) is 29.9 Å². The Morgan fingerprint density at radius 1 is 0.163 bits per heavy atom. The molecule has 11 aromatic carbocycles. The van der Waals surface area contributed by atoms with Crippen LogP contribution in [-0.2, 0) is 0 Å². The lowest BCUT2D eigenvalue weighted by atomic mass is 9.60. The predicted octanol–water partition coefficient (Wildman–Crippen LogP) is 17.7. The fourth-order valence-electron chi connectivity index (χ4n) is 12.0. The van der Waals surface area contributed by atoms with Crippen molar-refractivity contribution >= 4 is 0 Å². The normalized spacial score (nSPS) is 13.8. The highest BCUT2D eigenvalue weighted by atomic mass is 15.0. The Labute approximate surface area is 464 Å². The molecule has 2 atom stereocenters. The van der Waals surface area contributed by atoms with E-state index in [1.165, 1.54) is 33.4 Å². The Morgan fingerprint density at radius 2 is 0.450 bits per heavy atom. The quantitative estimate of drug-likeness (QED) is 0.136. The Hall–Kier alpha value is -10.6. The summed E-state index contributed by atoms with van der Waals surface area (Å²) in [6.45, 7) is 0. The highest BCUT2D eigenvalue weighted by Gasteiger charge is 2.41. The lowest BCUT2D eigenvalue weighted by Gasteiger charge is -2.42. The minimum atomic E-state index is 0.0362. The second-order valence-electron chi connectivity index (χ2n) is 20.5. The van der Waals surface area contributed by atoms with Crippen LogP contribution >= 0.6 is 0 Å². The molecular formula is C74H48N6. The van der Waals surface area contributed by atoms with Gasteiger partial charge >= 0.3 is 0 Å². The first-order chi connectivity index (χ1) is 39.6. The molecule has 2 unspecified atom stereocenters. The summed E-state index contributed by atoms with van der Waals surface area (Å²) in [6.07, 6.45) is 0. The molecule has 2 aromatic heterocycles. The minimum absolute atomic E-state index is 0.0362. The second kappa shape index (κ2) is 19.8. The summed E-state index contributed by atoms with van der Waals surface area (Å²) in [7, 11) is 0. The van der Waals surface area contributed by atoms with Gasteiger partial charge in [-0.1, -0.05) is 255 Å².